The van der Waals surface area contributed by atoms with E-state index in [9.17, 15) is 25.0 Å². The third kappa shape index (κ3) is 4.35. The van der Waals surface area contributed by atoms with E-state index in [2.05, 4.69) is 17.1 Å². The Balaban J connectivity index is 2.72. The Morgan fingerprint density at radius 1 is 1.52 bits per heavy atom. The highest BCUT2D eigenvalue weighted by Gasteiger charge is 2.39. The molecule has 1 fully saturated rings. The first-order valence-corrected chi connectivity index (χ1v) is 6.73. The fourth-order valence-electron chi connectivity index (χ4n) is 1.81. The molecule has 4 N–H and O–H groups in total. The summed E-state index contributed by atoms with van der Waals surface area (Å²) in [4.78, 5) is 23.7. The average molecular weight is 324 g/mol. The number of aliphatic hydroxyl groups excluding tert-OH is 3. The third-order valence-corrected chi connectivity index (χ3v) is 3.16. The van der Waals surface area contributed by atoms with Gasteiger partial charge in [-0.05, 0) is 11.3 Å². The molecule has 0 aromatic heterocycles. The van der Waals surface area contributed by atoms with Gasteiger partial charge in [0.1, 0.15) is 18.3 Å². The van der Waals surface area contributed by atoms with Crippen LogP contribution in [-0.2, 0) is 4.74 Å². The lowest BCUT2D eigenvalue weighted by molar-refractivity contribution is -0.192. The van der Waals surface area contributed by atoms with Crippen molar-refractivity contribution in [3.8, 4) is 0 Å². The van der Waals surface area contributed by atoms with Crippen LogP contribution in [0.3, 0.4) is 0 Å². The zero-order chi connectivity index (χ0) is 16.0. The van der Waals surface area contributed by atoms with Crippen molar-refractivity contribution < 1.29 is 24.9 Å². The van der Waals surface area contributed by atoms with Gasteiger partial charge < -0.3 is 25.4 Å². The van der Waals surface area contributed by atoms with Crippen molar-refractivity contribution in [2.45, 2.75) is 30.7 Å². The number of carbonyl (C=O) groups excluding carboxylic acids is 1. The fraction of sp³-hybridized carbons (Fsp3) is 0.727. The molecule has 1 saturated heterocycles. The molecule has 120 valence electrons. The van der Waals surface area contributed by atoms with E-state index in [-0.39, 0.29) is 19.0 Å². The molecule has 1 heterocycles. The van der Waals surface area contributed by atoms with E-state index in [1.807, 2.05) is 0 Å². The minimum absolute atomic E-state index is 0.0177. The van der Waals surface area contributed by atoms with Crippen molar-refractivity contribution in [2.75, 3.05) is 19.0 Å². The minimum Gasteiger partial charge on any atom is -0.388 e. The molecule has 0 spiro atoms. The highest BCUT2D eigenvalue weighted by atomic mass is 35.5. The summed E-state index contributed by atoms with van der Waals surface area (Å²) in [5.41, 5.74) is 0. The standard InChI is InChI=1S/C11H18ClN3O6/c1-2-7(14-20)15(4-3-12)11(19)13-10-9(18)8(17)6(16)5-21-10/h2,6-10,16-18H,1,3-5H2,(H,13,19)/t6-,7?,8-,9+,10?/m0/s1. The summed E-state index contributed by atoms with van der Waals surface area (Å²) >= 11 is 5.56. The lowest BCUT2D eigenvalue weighted by Crippen LogP contribution is -2.61. The van der Waals surface area contributed by atoms with Crippen LogP contribution in [0.5, 0.6) is 0 Å². The summed E-state index contributed by atoms with van der Waals surface area (Å²) in [5, 5.41) is 33.6. The minimum atomic E-state index is -1.51. The lowest BCUT2D eigenvalue weighted by Gasteiger charge is -2.36. The largest absolute Gasteiger partial charge is 0.388 e. The molecule has 0 aliphatic carbocycles. The van der Waals surface area contributed by atoms with Gasteiger partial charge in [0.25, 0.3) is 0 Å². The van der Waals surface area contributed by atoms with Crippen LogP contribution in [0.25, 0.3) is 0 Å². The number of carbonyl (C=O) groups is 1. The quantitative estimate of drug-likeness (QED) is 0.280. The van der Waals surface area contributed by atoms with Gasteiger partial charge in [-0.3, -0.25) is 4.90 Å². The molecule has 21 heavy (non-hydrogen) atoms. The van der Waals surface area contributed by atoms with Crippen LogP contribution in [-0.4, -0.2) is 76.0 Å². The van der Waals surface area contributed by atoms with Gasteiger partial charge in [0.15, 0.2) is 12.4 Å². The molecule has 2 unspecified atom stereocenters. The van der Waals surface area contributed by atoms with E-state index in [4.69, 9.17) is 16.3 Å². The smallest absolute Gasteiger partial charge is 0.321 e. The number of alkyl halides is 1. The SMILES string of the molecule is C=CC(N=O)N(CCCl)C(=O)NC1OC[C@H](O)[C@H](O)[C@H]1O. The summed E-state index contributed by atoms with van der Waals surface area (Å²) in [6.07, 6.45) is -5.40. The number of hydrogen-bond donors (Lipinski definition) is 4. The molecule has 0 aromatic rings. The summed E-state index contributed by atoms with van der Waals surface area (Å²) in [6, 6.07) is -0.771. The van der Waals surface area contributed by atoms with Crippen molar-refractivity contribution in [1.29, 1.82) is 0 Å². The number of nitrogens with one attached hydrogen (secondary N) is 1. The Hall–Kier alpha value is -1.26. The number of amides is 2. The second-order valence-electron chi connectivity index (χ2n) is 4.39. The molecule has 0 radical (unpaired) electrons. The van der Waals surface area contributed by atoms with Crippen LogP contribution in [0.15, 0.2) is 17.8 Å². The molecule has 1 aliphatic rings. The van der Waals surface area contributed by atoms with Crippen LogP contribution in [0.1, 0.15) is 0 Å². The topological polar surface area (TPSA) is 132 Å². The van der Waals surface area contributed by atoms with Crippen LogP contribution < -0.4 is 5.32 Å². The van der Waals surface area contributed by atoms with Crippen molar-refractivity contribution in [2.24, 2.45) is 5.18 Å². The molecule has 1 aliphatic heterocycles. The molecule has 9 nitrogen and oxygen atoms in total. The highest BCUT2D eigenvalue weighted by Crippen LogP contribution is 2.14. The Morgan fingerprint density at radius 2 is 2.19 bits per heavy atom. The van der Waals surface area contributed by atoms with Gasteiger partial charge in [0, 0.05) is 12.4 Å². The molecule has 0 aromatic carbocycles. The van der Waals surface area contributed by atoms with E-state index >= 15 is 0 Å². The predicted molar refractivity (Wildman–Crippen MR) is 73.5 cm³/mol. The van der Waals surface area contributed by atoms with Gasteiger partial charge in [0.05, 0.1) is 6.61 Å². The van der Waals surface area contributed by atoms with Gasteiger partial charge in [-0.1, -0.05) is 6.58 Å². The number of halogens is 1. The van der Waals surface area contributed by atoms with Crippen molar-refractivity contribution in [3.63, 3.8) is 0 Å². The van der Waals surface area contributed by atoms with Gasteiger partial charge in [0.2, 0.25) is 0 Å². The molecule has 2 amide bonds. The van der Waals surface area contributed by atoms with Gasteiger partial charge in [-0.25, -0.2) is 4.79 Å². The predicted octanol–water partition coefficient (Wildman–Crippen LogP) is -1.05. The first-order valence-electron chi connectivity index (χ1n) is 6.20. The number of aliphatic hydroxyl groups is 3. The first-order chi connectivity index (χ1) is 9.96. The number of ether oxygens (including phenoxy) is 1. The van der Waals surface area contributed by atoms with Crippen LogP contribution in [0, 0.1) is 4.91 Å². The number of rotatable bonds is 6. The first kappa shape index (κ1) is 17.8. The molecule has 0 saturated carbocycles. The van der Waals surface area contributed by atoms with E-state index in [0.29, 0.717) is 0 Å². The second kappa shape index (κ2) is 8.25. The zero-order valence-corrected chi connectivity index (χ0v) is 11.9. The Labute approximate surface area is 126 Å². The summed E-state index contributed by atoms with van der Waals surface area (Å²) in [6.45, 7) is 3.15. The van der Waals surface area contributed by atoms with Crippen LogP contribution in [0.4, 0.5) is 4.79 Å². The van der Waals surface area contributed by atoms with Crippen molar-refractivity contribution >= 4 is 17.6 Å². The monoisotopic (exact) mass is 323 g/mol. The normalized spacial score (nSPS) is 30.3. The van der Waals surface area contributed by atoms with E-state index in [1.54, 1.807) is 0 Å². The molecule has 10 heteroatoms. The maximum Gasteiger partial charge on any atom is 0.321 e. The molecule has 0 bridgehead atoms. The van der Waals surface area contributed by atoms with Crippen LogP contribution in [0.2, 0.25) is 0 Å². The zero-order valence-electron chi connectivity index (χ0n) is 11.1. The number of urea groups is 1. The Morgan fingerprint density at radius 3 is 2.71 bits per heavy atom. The highest BCUT2D eigenvalue weighted by molar-refractivity contribution is 6.18. The van der Waals surface area contributed by atoms with Gasteiger partial charge in [-0.15, -0.1) is 16.5 Å². The summed E-state index contributed by atoms with van der Waals surface area (Å²) in [7, 11) is 0. The van der Waals surface area contributed by atoms with Crippen molar-refractivity contribution in [3.05, 3.63) is 17.6 Å². The fourth-order valence-corrected chi connectivity index (χ4v) is 1.99. The van der Waals surface area contributed by atoms with Gasteiger partial charge >= 0.3 is 6.03 Å². The third-order valence-electron chi connectivity index (χ3n) is 2.99. The summed E-state index contributed by atoms with van der Waals surface area (Å²) < 4.78 is 5.03. The Kier molecular flexibility index (Phi) is 6.99. The number of nitroso groups, excluding NO2 is 1. The van der Waals surface area contributed by atoms with Crippen molar-refractivity contribution in [1.82, 2.24) is 10.2 Å². The molecular weight excluding hydrogens is 306 g/mol. The average Bonchev–Trinajstić information content (AvgIpc) is 2.48. The van der Waals surface area contributed by atoms with E-state index in [1.165, 1.54) is 0 Å². The maximum atomic E-state index is 12.1. The summed E-state index contributed by atoms with van der Waals surface area (Å²) in [5.74, 6) is 0.0582. The van der Waals surface area contributed by atoms with Crippen LogP contribution >= 0.6 is 11.6 Å². The van der Waals surface area contributed by atoms with Gasteiger partial charge in [-0.2, -0.15) is 0 Å². The van der Waals surface area contributed by atoms with E-state index < -0.39 is 36.7 Å². The number of hydrogen-bond acceptors (Lipinski definition) is 7. The lowest BCUT2D eigenvalue weighted by atomic mass is 10.0. The molecular formula is C11H18ClN3O6. The molecule has 1 rings (SSSR count). The molecule has 5 atom stereocenters. The number of nitrogens with zero attached hydrogens (tertiary/aromatic N) is 2. The van der Waals surface area contributed by atoms with E-state index in [0.717, 1.165) is 11.0 Å². The Bertz CT molecular complexity index is 377. The second-order valence-corrected chi connectivity index (χ2v) is 4.77. The maximum absolute atomic E-state index is 12.1.